The van der Waals surface area contributed by atoms with Crippen molar-refractivity contribution in [2.45, 2.75) is 11.6 Å². The Morgan fingerprint density at radius 2 is 1.83 bits per heavy atom. The summed E-state index contributed by atoms with van der Waals surface area (Å²) in [5, 5.41) is 12.0. The molecule has 146 valence electrons. The fourth-order valence-electron chi connectivity index (χ4n) is 2.99. The van der Waals surface area contributed by atoms with Crippen LogP contribution in [0.2, 0.25) is 0 Å². The summed E-state index contributed by atoms with van der Waals surface area (Å²) in [5.41, 5.74) is 3.11. The summed E-state index contributed by atoms with van der Waals surface area (Å²) in [5.74, 6) is 1.43. The topological polar surface area (TPSA) is 73.0 Å². The standard InChI is InChI=1S/C22H20N4O2S/c1-26-21(19-12-7-13-28-19)24-25-22(26)29-15-20(27)23-18-11-6-5-10-17(18)14-16-8-3-2-4-9-16/h2-13H,14-15H2,1H3,(H,23,27). The van der Waals surface area contributed by atoms with Crippen LogP contribution in [0, 0.1) is 0 Å². The van der Waals surface area contributed by atoms with Crippen molar-refractivity contribution in [3.8, 4) is 11.6 Å². The van der Waals surface area contributed by atoms with Crippen molar-refractivity contribution in [2.75, 3.05) is 11.1 Å². The van der Waals surface area contributed by atoms with Crippen LogP contribution in [0.4, 0.5) is 5.69 Å². The van der Waals surface area contributed by atoms with Gasteiger partial charge in [-0.1, -0.05) is 60.3 Å². The molecule has 2 aromatic carbocycles. The Morgan fingerprint density at radius 3 is 2.62 bits per heavy atom. The second kappa shape index (κ2) is 8.79. The van der Waals surface area contributed by atoms with Gasteiger partial charge in [0.2, 0.25) is 5.91 Å². The van der Waals surface area contributed by atoms with Gasteiger partial charge in [0.25, 0.3) is 0 Å². The zero-order chi connectivity index (χ0) is 20.1. The molecule has 0 radical (unpaired) electrons. The van der Waals surface area contributed by atoms with Crippen molar-refractivity contribution < 1.29 is 9.21 Å². The van der Waals surface area contributed by atoms with Gasteiger partial charge in [-0.05, 0) is 35.7 Å². The first-order valence-corrected chi connectivity index (χ1v) is 10.2. The number of aromatic nitrogens is 3. The molecule has 0 saturated carbocycles. The zero-order valence-corrected chi connectivity index (χ0v) is 16.7. The Hall–Kier alpha value is -3.32. The molecule has 6 nitrogen and oxygen atoms in total. The summed E-state index contributed by atoms with van der Waals surface area (Å²) >= 11 is 1.34. The van der Waals surface area contributed by atoms with Crippen LogP contribution in [0.1, 0.15) is 11.1 Å². The highest BCUT2D eigenvalue weighted by molar-refractivity contribution is 7.99. The van der Waals surface area contributed by atoms with Crippen LogP contribution >= 0.6 is 11.8 Å². The number of anilines is 1. The van der Waals surface area contributed by atoms with Crippen LogP contribution in [0.5, 0.6) is 0 Å². The van der Waals surface area contributed by atoms with E-state index in [1.54, 1.807) is 12.3 Å². The Labute approximate surface area is 173 Å². The Balaban J connectivity index is 1.40. The molecule has 0 atom stereocenters. The molecule has 0 aliphatic carbocycles. The van der Waals surface area contributed by atoms with E-state index in [1.165, 1.54) is 17.3 Å². The third-order valence-electron chi connectivity index (χ3n) is 4.44. The van der Waals surface area contributed by atoms with Crippen molar-refractivity contribution in [3.05, 3.63) is 84.1 Å². The maximum Gasteiger partial charge on any atom is 0.234 e. The minimum atomic E-state index is -0.0851. The van der Waals surface area contributed by atoms with Crippen LogP contribution < -0.4 is 5.32 Å². The number of hydrogen-bond donors (Lipinski definition) is 1. The normalized spacial score (nSPS) is 10.8. The van der Waals surface area contributed by atoms with E-state index in [9.17, 15) is 4.79 Å². The van der Waals surface area contributed by atoms with Crippen LogP contribution in [-0.4, -0.2) is 26.4 Å². The van der Waals surface area contributed by atoms with E-state index in [1.807, 2.05) is 60.1 Å². The van der Waals surface area contributed by atoms with Crippen LogP contribution in [0.15, 0.2) is 82.6 Å². The molecule has 29 heavy (non-hydrogen) atoms. The maximum absolute atomic E-state index is 12.5. The number of nitrogens with zero attached hydrogens (tertiary/aromatic N) is 3. The number of carbonyl (C=O) groups is 1. The van der Waals surface area contributed by atoms with Crippen molar-refractivity contribution in [3.63, 3.8) is 0 Å². The van der Waals surface area contributed by atoms with Gasteiger partial charge < -0.3 is 14.3 Å². The number of amides is 1. The summed E-state index contributed by atoms with van der Waals surface area (Å²) in [6, 6.07) is 21.7. The maximum atomic E-state index is 12.5. The molecule has 4 aromatic rings. The predicted molar refractivity (Wildman–Crippen MR) is 114 cm³/mol. The number of furan rings is 1. The molecule has 1 N–H and O–H groups in total. The van der Waals surface area contributed by atoms with Crippen LogP contribution in [0.25, 0.3) is 11.6 Å². The monoisotopic (exact) mass is 404 g/mol. The average molecular weight is 404 g/mol. The molecule has 0 fully saturated rings. The quantitative estimate of drug-likeness (QED) is 0.462. The van der Waals surface area contributed by atoms with Crippen LogP contribution in [-0.2, 0) is 18.3 Å². The molecule has 2 heterocycles. The van der Waals surface area contributed by atoms with E-state index in [-0.39, 0.29) is 11.7 Å². The zero-order valence-electron chi connectivity index (χ0n) is 15.9. The molecule has 0 saturated heterocycles. The smallest absolute Gasteiger partial charge is 0.234 e. The lowest BCUT2D eigenvalue weighted by Gasteiger charge is -2.11. The minimum Gasteiger partial charge on any atom is -0.461 e. The highest BCUT2D eigenvalue weighted by Gasteiger charge is 2.15. The average Bonchev–Trinajstić information content (AvgIpc) is 3.38. The molecule has 2 aromatic heterocycles. The summed E-state index contributed by atoms with van der Waals surface area (Å²) < 4.78 is 7.19. The molecule has 0 aliphatic heterocycles. The molecule has 7 heteroatoms. The highest BCUT2D eigenvalue weighted by Crippen LogP contribution is 2.24. The summed E-state index contributed by atoms with van der Waals surface area (Å²) in [4.78, 5) is 12.5. The SMILES string of the molecule is Cn1c(SCC(=O)Nc2ccccc2Cc2ccccc2)nnc1-c1ccco1. The third-order valence-corrected chi connectivity index (χ3v) is 5.46. The van der Waals surface area contributed by atoms with Gasteiger partial charge in [-0.2, -0.15) is 0 Å². The third kappa shape index (κ3) is 4.57. The van der Waals surface area contributed by atoms with E-state index in [0.29, 0.717) is 16.7 Å². The Kier molecular flexibility index (Phi) is 5.76. The molecule has 1 amide bonds. The van der Waals surface area contributed by atoms with Crippen molar-refractivity contribution in [2.24, 2.45) is 7.05 Å². The lowest BCUT2D eigenvalue weighted by molar-refractivity contribution is -0.113. The molecule has 0 aliphatic rings. The fraction of sp³-hybridized carbons (Fsp3) is 0.136. The van der Waals surface area contributed by atoms with E-state index in [2.05, 4.69) is 27.6 Å². The first-order chi connectivity index (χ1) is 14.2. The number of hydrogen-bond acceptors (Lipinski definition) is 5. The second-order valence-corrected chi connectivity index (χ2v) is 7.44. The lowest BCUT2D eigenvalue weighted by Crippen LogP contribution is -2.15. The lowest BCUT2D eigenvalue weighted by atomic mass is 10.0. The van der Waals surface area contributed by atoms with Gasteiger partial charge >= 0.3 is 0 Å². The number of benzene rings is 2. The second-order valence-electron chi connectivity index (χ2n) is 6.50. The van der Waals surface area contributed by atoms with Crippen molar-refractivity contribution in [1.82, 2.24) is 14.8 Å². The van der Waals surface area contributed by atoms with Gasteiger partial charge in [0.1, 0.15) is 0 Å². The van der Waals surface area contributed by atoms with Gasteiger partial charge in [0.15, 0.2) is 16.7 Å². The summed E-state index contributed by atoms with van der Waals surface area (Å²) in [7, 11) is 1.85. The van der Waals surface area contributed by atoms with Crippen molar-refractivity contribution >= 4 is 23.4 Å². The number of rotatable bonds is 7. The number of para-hydroxylation sites is 1. The first-order valence-electron chi connectivity index (χ1n) is 9.18. The Bertz CT molecular complexity index is 1090. The minimum absolute atomic E-state index is 0.0851. The van der Waals surface area contributed by atoms with E-state index in [4.69, 9.17) is 4.42 Å². The van der Waals surface area contributed by atoms with Gasteiger partial charge in [-0.3, -0.25) is 4.79 Å². The molecular weight excluding hydrogens is 384 g/mol. The van der Waals surface area contributed by atoms with Crippen LogP contribution in [0.3, 0.4) is 0 Å². The van der Waals surface area contributed by atoms with E-state index < -0.39 is 0 Å². The Morgan fingerprint density at radius 1 is 1.03 bits per heavy atom. The highest BCUT2D eigenvalue weighted by atomic mass is 32.2. The number of carbonyl (C=O) groups excluding carboxylic acids is 1. The van der Waals surface area contributed by atoms with Crippen molar-refractivity contribution in [1.29, 1.82) is 0 Å². The molecule has 0 spiro atoms. The van der Waals surface area contributed by atoms with E-state index >= 15 is 0 Å². The summed E-state index contributed by atoms with van der Waals surface area (Å²) in [6.45, 7) is 0. The van der Waals surface area contributed by atoms with Gasteiger partial charge in [0.05, 0.1) is 12.0 Å². The van der Waals surface area contributed by atoms with Gasteiger partial charge in [0, 0.05) is 12.7 Å². The largest absolute Gasteiger partial charge is 0.461 e. The molecule has 0 unspecified atom stereocenters. The first kappa shape index (κ1) is 19.0. The molecular formula is C22H20N4O2S. The molecule has 4 rings (SSSR count). The van der Waals surface area contributed by atoms with Gasteiger partial charge in [-0.25, -0.2) is 0 Å². The van der Waals surface area contributed by atoms with Gasteiger partial charge in [-0.15, -0.1) is 10.2 Å². The fourth-order valence-corrected chi connectivity index (χ4v) is 3.70. The molecule has 0 bridgehead atoms. The number of nitrogens with one attached hydrogen (secondary N) is 1. The van der Waals surface area contributed by atoms with E-state index in [0.717, 1.165) is 17.7 Å². The summed E-state index contributed by atoms with van der Waals surface area (Å²) in [6.07, 6.45) is 2.36. The number of thioether (sulfide) groups is 1. The predicted octanol–water partition coefficient (Wildman–Crippen LogP) is 4.40.